The number of halogens is 1. The highest BCUT2D eigenvalue weighted by Crippen LogP contribution is 2.39. The second-order valence-corrected chi connectivity index (χ2v) is 7.72. The van der Waals surface area contributed by atoms with Crippen molar-refractivity contribution in [1.29, 1.82) is 0 Å². The van der Waals surface area contributed by atoms with Gasteiger partial charge in [0, 0.05) is 44.0 Å². The van der Waals surface area contributed by atoms with Crippen LogP contribution in [0.1, 0.15) is 6.92 Å². The first kappa shape index (κ1) is 19.5. The van der Waals surface area contributed by atoms with E-state index in [2.05, 4.69) is 31.2 Å². The first-order valence-electron chi connectivity index (χ1n) is 8.16. The lowest BCUT2D eigenvalue weighted by Crippen LogP contribution is -2.53. The average molecular weight is 456 g/mol. The number of thiazole rings is 1. The Bertz CT molecular complexity index is 840. The van der Waals surface area contributed by atoms with Gasteiger partial charge >= 0.3 is 5.69 Å². The molecule has 2 aromatic heterocycles. The molecule has 3 heterocycles. The van der Waals surface area contributed by atoms with Gasteiger partial charge in [-0.1, -0.05) is 0 Å². The van der Waals surface area contributed by atoms with Crippen LogP contribution in [0.3, 0.4) is 0 Å². The summed E-state index contributed by atoms with van der Waals surface area (Å²) in [4.78, 5) is 35.1. The number of aromatic nitrogens is 2. The van der Waals surface area contributed by atoms with Gasteiger partial charge in [0.25, 0.3) is 0 Å². The summed E-state index contributed by atoms with van der Waals surface area (Å²) in [7, 11) is 0. The lowest BCUT2D eigenvalue weighted by molar-refractivity contribution is -0.383. The van der Waals surface area contributed by atoms with Crippen molar-refractivity contribution in [2.75, 3.05) is 42.1 Å². The first-order chi connectivity index (χ1) is 12.9. The van der Waals surface area contributed by atoms with E-state index in [4.69, 9.17) is 5.73 Å². The summed E-state index contributed by atoms with van der Waals surface area (Å²) in [6, 6.07) is -0.336. The third-order valence-electron chi connectivity index (χ3n) is 4.41. The number of nitrogen functional groups attached to an aromatic ring is 1. The summed E-state index contributed by atoms with van der Waals surface area (Å²) >= 11 is 4.70. The van der Waals surface area contributed by atoms with Crippen LogP contribution in [0.2, 0.25) is 0 Å². The number of nitrogens with one attached hydrogen (secondary N) is 1. The number of nitrogens with zero attached hydrogens (tertiary/aromatic N) is 5. The van der Waals surface area contributed by atoms with Crippen LogP contribution in [0.15, 0.2) is 22.2 Å². The first-order valence-corrected chi connectivity index (χ1v) is 9.83. The van der Waals surface area contributed by atoms with Gasteiger partial charge < -0.3 is 16.0 Å². The Morgan fingerprint density at radius 1 is 1.41 bits per heavy atom. The quantitative estimate of drug-likeness (QED) is 0.516. The number of carbonyl (C=O) groups is 1. The predicted octanol–water partition coefficient (Wildman–Crippen LogP) is 1.94. The van der Waals surface area contributed by atoms with Crippen LogP contribution in [-0.4, -0.2) is 57.9 Å². The summed E-state index contributed by atoms with van der Waals surface area (Å²) < 4.78 is 0.520. The normalized spacial score (nSPS) is 16.1. The van der Waals surface area contributed by atoms with E-state index in [1.807, 2.05) is 16.7 Å². The Balaban J connectivity index is 1.68. The molecule has 10 nitrogen and oxygen atoms in total. The van der Waals surface area contributed by atoms with E-state index >= 15 is 0 Å². The lowest BCUT2D eigenvalue weighted by Gasteiger charge is -2.38. The highest BCUT2D eigenvalue weighted by atomic mass is 79.9. The predicted molar refractivity (Wildman–Crippen MR) is 107 cm³/mol. The van der Waals surface area contributed by atoms with Gasteiger partial charge in [-0.25, -0.2) is 9.97 Å². The molecule has 1 fully saturated rings. The molecule has 0 spiro atoms. The number of hydrogen-bond acceptors (Lipinski definition) is 9. The fourth-order valence-corrected chi connectivity index (χ4v) is 4.03. The van der Waals surface area contributed by atoms with E-state index in [1.54, 1.807) is 11.6 Å². The molecule has 1 atom stereocenters. The molecule has 0 radical (unpaired) electrons. The van der Waals surface area contributed by atoms with Crippen LogP contribution in [-0.2, 0) is 4.79 Å². The maximum Gasteiger partial charge on any atom is 0.335 e. The Labute approximate surface area is 167 Å². The molecule has 3 N–H and O–H groups in total. The topological polar surface area (TPSA) is 131 Å². The minimum Gasteiger partial charge on any atom is -0.378 e. The summed E-state index contributed by atoms with van der Waals surface area (Å²) in [5.41, 5.74) is 5.93. The maximum atomic E-state index is 12.4. The molecule has 0 saturated carbocycles. The molecule has 0 bridgehead atoms. The van der Waals surface area contributed by atoms with Crippen LogP contribution < -0.4 is 16.0 Å². The van der Waals surface area contributed by atoms with Crippen LogP contribution in [0.4, 0.5) is 22.3 Å². The molecule has 1 amide bonds. The Kier molecular flexibility index (Phi) is 5.87. The second kappa shape index (κ2) is 8.15. The summed E-state index contributed by atoms with van der Waals surface area (Å²) in [5.74, 6) is -0.240. The fraction of sp³-hybridized carbons (Fsp3) is 0.400. The minimum absolute atomic E-state index is 0.114. The summed E-state index contributed by atoms with van der Waals surface area (Å²) in [5, 5.41) is 16.6. The SMILES string of the molecule is CC(C(=O)Nc1nccs1)N1CCN(c2c(Br)cnc(N)c2[N+](=O)[O-])CC1. The Morgan fingerprint density at radius 3 is 2.70 bits per heavy atom. The molecule has 1 aliphatic heterocycles. The van der Waals surface area contributed by atoms with Gasteiger partial charge in [-0.2, -0.15) is 0 Å². The van der Waals surface area contributed by atoms with E-state index in [0.717, 1.165) is 0 Å². The van der Waals surface area contributed by atoms with Crippen LogP contribution in [0, 0.1) is 10.1 Å². The van der Waals surface area contributed by atoms with Crippen molar-refractivity contribution in [3.63, 3.8) is 0 Å². The van der Waals surface area contributed by atoms with Crippen molar-refractivity contribution in [2.45, 2.75) is 13.0 Å². The molecule has 1 saturated heterocycles. The molecule has 12 heteroatoms. The highest BCUT2D eigenvalue weighted by Gasteiger charge is 2.31. The van der Waals surface area contributed by atoms with E-state index in [9.17, 15) is 14.9 Å². The largest absolute Gasteiger partial charge is 0.378 e. The number of nitro groups is 1. The molecule has 1 unspecified atom stereocenters. The molecular formula is C15H18BrN7O3S. The zero-order chi connectivity index (χ0) is 19.6. The van der Waals surface area contributed by atoms with Crippen molar-refractivity contribution < 1.29 is 9.72 Å². The highest BCUT2D eigenvalue weighted by molar-refractivity contribution is 9.10. The molecule has 2 aromatic rings. The van der Waals surface area contributed by atoms with Gasteiger partial charge in [0.15, 0.2) is 5.13 Å². The lowest BCUT2D eigenvalue weighted by atomic mass is 10.2. The Morgan fingerprint density at radius 2 is 2.11 bits per heavy atom. The zero-order valence-electron chi connectivity index (χ0n) is 14.5. The van der Waals surface area contributed by atoms with Gasteiger partial charge in [-0.15, -0.1) is 11.3 Å². The zero-order valence-corrected chi connectivity index (χ0v) is 16.9. The number of amides is 1. The van der Waals surface area contributed by atoms with Crippen molar-refractivity contribution in [2.24, 2.45) is 0 Å². The van der Waals surface area contributed by atoms with Gasteiger partial charge in [0.05, 0.1) is 15.4 Å². The molecule has 1 aliphatic rings. The number of anilines is 3. The van der Waals surface area contributed by atoms with E-state index in [-0.39, 0.29) is 23.5 Å². The van der Waals surface area contributed by atoms with E-state index in [1.165, 1.54) is 17.5 Å². The smallest absolute Gasteiger partial charge is 0.335 e. The second-order valence-electron chi connectivity index (χ2n) is 5.97. The van der Waals surface area contributed by atoms with Gasteiger partial charge in [0.2, 0.25) is 11.7 Å². The van der Waals surface area contributed by atoms with Gasteiger partial charge in [0.1, 0.15) is 5.69 Å². The standard InChI is InChI=1S/C15H18BrN7O3S/c1-9(14(24)20-15-18-2-7-27-15)21-3-5-22(6-4-21)11-10(16)8-19-13(17)12(11)23(25)26/h2,7-9H,3-6H2,1H3,(H2,17,19)(H,18,20,24). The number of pyridine rings is 1. The number of hydrogen-bond donors (Lipinski definition) is 2. The number of nitrogens with two attached hydrogens (primary N) is 1. The third-order valence-corrected chi connectivity index (χ3v) is 5.68. The maximum absolute atomic E-state index is 12.4. The van der Waals surface area contributed by atoms with Crippen molar-refractivity contribution in [1.82, 2.24) is 14.9 Å². The fourth-order valence-electron chi connectivity index (χ4n) is 2.96. The summed E-state index contributed by atoms with van der Waals surface area (Å²) in [6.45, 7) is 4.05. The number of rotatable bonds is 5. The van der Waals surface area contributed by atoms with E-state index in [0.29, 0.717) is 41.5 Å². The van der Waals surface area contributed by atoms with Crippen LogP contribution in [0.5, 0.6) is 0 Å². The number of carbonyl (C=O) groups excluding carboxylic acids is 1. The molecule has 0 aromatic carbocycles. The van der Waals surface area contributed by atoms with Crippen molar-refractivity contribution in [3.8, 4) is 0 Å². The molecule has 27 heavy (non-hydrogen) atoms. The average Bonchev–Trinajstić information content (AvgIpc) is 3.15. The van der Waals surface area contributed by atoms with Crippen molar-refractivity contribution in [3.05, 3.63) is 32.4 Å². The Hall–Kier alpha value is -2.31. The molecule has 144 valence electrons. The van der Waals surface area contributed by atoms with Gasteiger partial charge in [-0.3, -0.25) is 19.8 Å². The van der Waals surface area contributed by atoms with Crippen molar-refractivity contribution >= 4 is 55.5 Å². The molecule has 3 rings (SSSR count). The van der Waals surface area contributed by atoms with Gasteiger partial charge in [-0.05, 0) is 22.9 Å². The molecule has 0 aliphatic carbocycles. The monoisotopic (exact) mass is 455 g/mol. The number of piperazine rings is 1. The van der Waals surface area contributed by atoms with Crippen LogP contribution >= 0.6 is 27.3 Å². The summed E-state index contributed by atoms with van der Waals surface area (Å²) in [6.07, 6.45) is 3.10. The minimum atomic E-state index is -0.515. The molecular weight excluding hydrogens is 438 g/mol. The van der Waals surface area contributed by atoms with Crippen LogP contribution in [0.25, 0.3) is 0 Å². The van der Waals surface area contributed by atoms with E-state index < -0.39 is 4.92 Å². The third kappa shape index (κ3) is 4.17.